The molecule has 0 aromatic heterocycles. The minimum absolute atomic E-state index is 0. The zero-order chi connectivity index (χ0) is 99.4. The van der Waals surface area contributed by atoms with E-state index in [4.69, 9.17) is 80.3 Å². The van der Waals surface area contributed by atoms with Crippen LogP contribution < -0.4 is 253 Å². The summed E-state index contributed by atoms with van der Waals surface area (Å²) in [5, 5.41) is 280. The van der Waals surface area contributed by atoms with Gasteiger partial charge in [0.2, 0.25) is 0 Å². The van der Waals surface area contributed by atoms with Gasteiger partial charge in [0, 0.05) is 92.7 Å². The summed E-state index contributed by atoms with van der Waals surface area (Å²) in [4.78, 5) is 82.3. The fourth-order valence-electron chi connectivity index (χ4n) is 16.0. The third-order valence-corrected chi connectivity index (χ3v) is 33.1. The first-order chi connectivity index (χ1) is 65.2. The van der Waals surface area contributed by atoms with Crippen molar-refractivity contribution < 1.29 is 443 Å². The van der Waals surface area contributed by atoms with E-state index in [1.807, 2.05) is 0 Å². The SMILES string of the molecule is O=C([O-])CCSC[C@H]1O[C@@H]2O[C@H]3[C@H](O)[C@@H](O)[C@@H](O[C@H]4[C@H](O)[C@@H](O)[C@@H](O[C@H]5[C@H](O)[C@@H](O)[C@@H](O[C@H]6[C@H](O)[C@@H](O)[C@@H](O[C@H]7[C@H](O)[C@@H](O)[C@@H](O[C@H]8[C@H](O)[C@@H](O)[C@@H](O[C@H]9[C@H](O)[C@@H](O)[C@@H](O[C@H]1[C@H](O)[C@H]2O)O[C@@H]9COP(=O)(c1ccccc1)c1ccccc1)O[C@@H]8CSCCC(=O)[O-])O[C@@H]7CSCCC(=O)[O-])O[C@@H]6CSCCC(=O)[O-])O[C@@H]5CSCCC(=O)[O-])O[C@@H]4CSCCC(=O)[O-])O[C@@H]3CSCCC(=O)[O-].[Na+].[Na+].[Na+].[Na+].[Na+].[Na+].[Na+]. The Morgan fingerprint density at radius 3 is 0.514 bits per heavy atom. The number of aliphatic hydroxyl groups is 16. The molecular weight excluding hydrogens is 2160 g/mol. The van der Waals surface area contributed by atoms with Gasteiger partial charge in [-0.05, 0) is 109 Å². The molecule has 30 aliphatic rings. The molecular formula is C81H110Na7O48PS7. The summed E-state index contributed by atoms with van der Waals surface area (Å²) in [5.74, 6) is -15.5. The van der Waals surface area contributed by atoms with Gasteiger partial charge in [0.05, 0.1) is 49.3 Å². The van der Waals surface area contributed by atoms with Gasteiger partial charge in [0.15, 0.2) is 50.3 Å². The van der Waals surface area contributed by atoms with Crippen LogP contribution in [0.5, 0.6) is 0 Å². The van der Waals surface area contributed by atoms with Crippen molar-refractivity contribution in [2.75, 3.05) is 87.1 Å². The molecule has 0 radical (unpaired) electrons. The number of ether oxygens (including phenoxy) is 16. The van der Waals surface area contributed by atoms with Crippen molar-refractivity contribution in [1.82, 2.24) is 0 Å². The van der Waals surface area contributed by atoms with Crippen molar-refractivity contribution >= 4 is 142 Å². The Balaban J connectivity index is 0.00000617. The average molecular weight is 2270 g/mol. The number of carbonyl (C=O) groups is 7. The number of aliphatic carboxylic acids is 7. The van der Waals surface area contributed by atoms with Gasteiger partial charge in [-0.3, -0.25) is 4.57 Å². The Bertz CT molecular complexity index is 4020. The number of thioether (sulfide) groups is 7. The van der Waals surface area contributed by atoms with Crippen LogP contribution in [0.2, 0.25) is 0 Å². The van der Waals surface area contributed by atoms with Crippen LogP contribution in [0.25, 0.3) is 0 Å². The fraction of sp³-hybridized carbons (Fsp3) is 0.765. The monoisotopic (exact) mass is 2270 g/mol. The quantitative estimate of drug-likeness (QED) is 0.0167. The second-order valence-corrected chi connectivity index (χ2v) is 43.3. The van der Waals surface area contributed by atoms with Crippen LogP contribution in [0.3, 0.4) is 0 Å². The van der Waals surface area contributed by atoms with E-state index in [9.17, 15) is 151 Å². The van der Waals surface area contributed by atoms with Crippen LogP contribution in [0.4, 0.5) is 0 Å². The number of aliphatic hydroxyl groups excluding tert-OH is 16. The molecule has 0 unspecified atom stereocenters. The van der Waals surface area contributed by atoms with Crippen molar-refractivity contribution in [3.8, 4) is 0 Å². The molecule has 30 aliphatic heterocycles. The van der Waals surface area contributed by atoms with E-state index in [1.54, 1.807) is 12.1 Å². The summed E-state index contributed by atoms with van der Waals surface area (Å²) in [6.07, 6.45) is -89.6. The molecule has 0 spiro atoms. The third kappa shape index (κ3) is 39.0. The minimum atomic E-state index is -4.38. The predicted octanol–water partition coefficient (Wildman–Crippen LogP) is -36.3. The van der Waals surface area contributed by atoms with Gasteiger partial charge in [-0.25, -0.2) is 0 Å². The number of benzene rings is 2. The maximum Gasteiger partial charge on any atom is 1.00 e. The molecule has 48 nitrogen and oxygen atoms in total. The number of carbonyl (C=O) groups excluding carboxylic acids is 7. The third-order valence-electron chi connectivity index (χ3n) is 23.2. The smallest absolute Gasteiger partial charge is 0.550 e. The van der Waals surface area contributed by atoms with E-state index in [1.165, 1.54) is 48.5 Å². The van der Waals surface area contributed by atoms with E-state index < -0.39 is 387 Å². The molecule has 0 aliphatic carbocycles. The summed E-state index contributed by atoms with van der Waals surface area (Å²) >= 11 is 5.73. The van der Waals surface area contributed by atoms with Crippen molar-refractivity contribution in [3.05, 3.63) is 60.7 Å². The average Bonchev–Trinajstić information content (AvgIpc) is 0.762. The normalized spacial score (nSPS) is 37.7. The second-order valence-electron chi connectivity index (χ2n) is 32.9. The summed E-state index contributed by atoms with van der Waals surface area (Å²) in [6, 6.07) is 15.2. The fourth-order valence-corrected chi connectivity index (χ4v) is 24.9. The molecule has 30 heterocycles. The van der Waals surface area contributed by atoms with E-state index in [2.05, 4.69) is 0 Å². The number of hydrogen-bond donors (Lipinski definition) is 16. The Morgan fingerprint density at radius 2 is 0.368 bits per heavy atom. The molecule has 30 fully saturated rings. The first-order valence-corrected chi connectivity index (χ1v) is 53.1. The molecule has 0 amide bonds. The van der Waals surface area contributed by atoms with Crippen LogP contribution in [0.15, 0.2) is 60.7 Å². The molecule has 32 rings (SSSR count). The van der Waals surface area contributed by atoms with Gasteiger partial charge in [0.1, 0.15) is 153 Å². The van der Waals surface area contributed by atoms with E-state index in [0.717, 1.165) is 82.3 Å². The molecule has 16 bridgehead atoms. The largest absolute Gasteiger partial charge is 1.00 e. The Hall–Kier alpha value is 3.09. The number of carboxylic acid groups (broad SMARTS) is 7. The number of carboxylic acids is 7. The number of hydrogen-bond acceptors (Lipinski definition) is 55. The summed E-state index contributed by atoms with van der Waals surface area (Å²) in [5.41, 5.74) is 0. The second kappa shape index (κ2) is 68.4. The molecule has 776 valence electrons. The summed E-state index contributed by atoms with van der Waals surface area (Å²) in [6.45, 7) is -0.981. The van der Waals surface area contributed by atoms with E-state index >= 15 is 4.57 Å². The van der Waals surface area contributed by atoms with Crippen LogP contribution in [0.1, 0.15) is 44.9 Å². The van der Waals surface area contributed by atoms with Crippen LogP contribution in [0, 0.1) is 0 Å². The maximum atomic E-state index is 15.7. The molecule has 16 N–H and O–H groups in total. The standard InChI is InChI=1S/C81H117O48PS7.7Na/c82-43(83)11-18-131-26-36-67-52(98)60(106)76(116-36)125-69-38(28-133-20-13-45(86)87)118-78(62(108)54(69)100)127-71-40(30-135-22-15-47(90)91)120-80(64(110)56(71)102)129-73-42(32-137-24-17-49(94)95)121-81(65(111)57(73)103)128-72-41(31-136-23-16-48(92)93)119-79(63(109)55(72)101)126-70-39(29-134-21-14-46(88)89)117-77(61(107)53(70)99)124-68-37(27-132-19-12-44(84)85)115-75(59(105)51(68)97)122-66-35(114-74(123-67)58(104)50(66)96)25-113-130(112,33-7-3-1-4-8-33)34-9-5-2-6-10-34;;;;;;;/h1-10,35-42,50-81,96-111H,11-32H2,(H,82,83)(H,84,85)(H,86,87)(H,88,89)(H,90,91)(H,92,93)(H,94,95);;;;;;;/q;7*+1/p-7/t35-,36-,37-,38-,39-,40-,41-,42-,50-,51-,52-,53-,54-,55-,56-,57-,58-,59-,60-,61-,62-,63-,64-,65-,66-,67-,68-,69-,70-,71-,72-,73-,74-,75-,76-,77-,78-,79-,80-,81-;;;;;;;/m1......./s1. The van der Waals surface area contributed by atoms with Crippen LogP contribution >= 0.6 is 89.7 Å². The Kier molecular flexibility index (Phi) is 66.2. The van der Waals surface area contributed by atoms with E-state index in [-0.39, 0.29) is 258 Å². The summed E-state index contributed by atoms with van der Waals surface area (Å²) in [7, 11) is -4.38. The van der Waals surface area contributed by atoms with Crippen LogP contribution in [-0.4, -0.2) is 456 Å². The predicted molar refractivity (Wildman–Crippen MR) is 459 cm³/mol. The number of rotatable bonds is 40. The first kappa shape index (κ1) is 139. The molecule has 30 saturated heterocycles. The van der Waals surface area contributed by atoms with Gasteiger partial charge in [-0.1, -0.05) is 36.4 Å². The zero-order valence-electron chi connectivity index (χ0n) is 79.4. The zero-order valence-corrected chi connectivity index (χ0v) is 100. The van der Waals surface area contributed by atoms with Gasteiger partial charge in [0.25, 0.3) is 7.37 Å². The Morgan fingerprint density at radius 1 is 0.229 bits per heavy atom. The maximum absolute atomic E-state index is 15.7. The van der Waals surface area contributed by atoms with Crippen molar-refractivity contribution in [2.45, 2.75) is 291 Å². The molecule has 144 heavy (non-hydrogen) atoms. The first-order valence-electron chi connectivity index (χ1n) is 43.4. The van der Waals surface area contributed by atoms with Gasteiger partial charge in [-0.2, -0.15) is 82.3 Å². The van der Waals surface area contributed by atoms with Gasteiger partial charge < -0.3 is 231 Å². The molecule has 63 heteroatoms. The van der Waals surface area contributed by atoms with Crippen molar-refractivity contribution in [2.24, 2.45) is 0 Å². The molecule has 2 aromatic carbocycles. The van der Waals surface area contributed by atoms with Crippen molar-refractivity contribution in [1.29, 1.82) is 0 Å². The molecule has 2 aromatic rings. The molecule has 40 atom stereocenters. The summed E-state index contributed by atoms with van der Waals surface area (Å²) < 4.78 is 123. The van der Waals surface area contributed by atoms with E-state index in [0.29, 0.717) is 0 Å². The minimum Gasteiger partial charge on any atom is -0.550 e. The topological polar surface area (TPSA) is 779 Å². The van der Waals surface area contributed by atoms with Crippen molar-refractivity contribution in [3.63, 3.8) is 0 Å². The van der Waals surface area contributed by atoms with Gasteiger partial charge >= 0.3 is 207 Å². The molecule has 0 saturated carbocycles. The Labute approximate surface area is 1010 Å². The van der Waals surface area contributed by atoms with Gasteiger partial charge in [-0.15, -0.1) is 0 Å². The van der Waals surface area contributed by atoms with Crippen LogP contribution in [-0.2, 0) is 118 Å².